The van der Waals surface area contributed by atoms with Crippen LogP contribution in [0.1, 0.15) is 27.7 Å². The van der Waals surface area contributed by atoms with Crippen molar-refractivity contribution >= 4 is 11.8 Å². The van der Waals surface area contributed by atoms with Crippen LogP contribution in [-0.4, -0.2) is 23.8 Å². The van der Waals surface area contributed by atoms with Crippen LogP contribution < -0.4 is 0 Å². The zero-order valence-corrected chi connectivity index (χ0v) is 7.76. The second-order valence-corrected chi connectivity index (χ2v) is 3.63. The van der Waals surface area contributed by atoms with Gasteiger partial charge in [0.2, 0.25) is 11.8 Å². The molecule has 3 heteroatoms. The Morgan fingerprint density at radius 1 is 1.18 bits per heavy atom. The van der Waals surface area contributed by atoms with Crippen LogP contribution in [0.3, 0.4) is 0 Å². The molecule has 2 amide bonds. The lowest BCUT2D eigenvalue weighted by atomic mass is 9.95. The van der Waals surface area contributed by atoms with Crippen LogP contribution >= 0.6 is 0 Å². The lowest BCUT2D eigenvalue weighted by Crippen LogP contribution is -2.39. The molecule has 0 saturated carbocycles. The highest BCUT2D eigenvalue weighted by atomic mass is 16.2. The zero-order chi connectivity index (χ0) is 9.23. The van der Waals surface area contributed by atoms with E-state index < -0.39 is 5.41 Å². The Balaban J connectivity index is 4.39. The summed E-state index contributed by atoms with van der Waals surface area (Å²) in [4.78, 5) is 23.2. The molecule has 0 aromatic rings. The van der Waals surface area contributed by atoms with Crippen molar-refractivity contribution in [1.29, 1.82) is 0 Å². The van der Waals surface area contributed by atoms with Gasteiger partial charge in [-0.05, 0) is 0 Å². The van der Waals surface area contributed by atoms with Gasteiger partial charge in [0, 0.05) is 19.4 Å². The quantitative estimate of drug-likeness (QED) is 0.527. The van der Waals surface area contributed by atoms with E-state index in [-0.39, 0.29) is 11.8 Å². The lowest BCUT2D eigenvalue weighted by Gasteiger charge is -2.23. The molecule has 0 atom stereocenters. The number of imide groups is 1. The Hall–Kier alpha value is -0.860. The normalized spacial score (nSPS) is 11.0. The van der Waals surface area contributed by atoms with Crippen molar-refractivity contribution in [2.24, 2.45) is 5.41 Å². The van der Waals surface area contributed by atoms with E-state index >= 15 is 0 Å². The summed E-state index contributed by atoms with van der Waals surface area (Å²) in [6.07, 6.45) is 0. The SMILES string of the molecule is CC(=O)N(C)C(=O)C(C)(C)C. The highest BCUT2D eigenvalue weighted by Crippen LogP contribution is 2.15. The maximum absolute atomic E-state index is 11.3. The molecule has 0 radical (unpaired) electrons. The number of hydrogen-bond donors (Lipinski definition) is 0. The fraction of sp³-hybridized carbons (Fsp3) is 0.750. The first-order valence-electron chi connectivity index (χ1n) is 3.55. The molecular formula is C8H15NO2. The molecule has 0 fully saturated rings. The second-order valence-electron chi connectivity index (χ2n) is 3.63. The van der Waals surface area contributed by atoms with Gasteiger partial charge >= 0.3 is 0 Å². The molecule has 64 valence electrons. The number of rotatable bonds is 0. The van der Waals surface area contributed by atoms with Crippen LogP contribution in [0.4, 0.5) is 0 Å². The number of carbonyl (C=O) groups is 2. The first kappa shape index (κ1) is 10.1. The van der Waals surface area contributed by atoms with E-state index in [4.69, 9.17) is 0 Å². The van der Waals surface area contributed by atoms with E-state index in [2.05, 4.69) is 0 Å². The third-order valence-electron chi connectivity index (χ3n) is 1.42. The summed E-state index contributed by atoms with van der Waals surface area (Å²) in [5.41, 5.74) is -0.472. The van der Waals surface area contributed by atoms with Crippen molar-refractivity contribution < 1.29 is 9.59 Å². The largest absolute Gasteiger partial charge is 0.286 e. The average molecular weight is 157 g/mol. The molecule has 0 aromatic carbocycles. The molecule has 11 heavy (non-hydrogen) atoms. The molecular weight excluding hydrogens is 142 g/mol. The first-order valence-corrected chi connectivity index (χ1v) is 3.55. The van der Waals surface area contributed by atoms with E-state index in [1.807, 2.05) is 0 Å². The third kappa shape index (κ3) is 2.70. The van der Waals surface area contributed by atoms with E-state index in [0.29, 0.717) is 0 Å². The van der Waals surface area contributed by atoms with E-state index in [1.165, 1.54) is 14.0 Å². The van der Waals surface area contributed by atoms with Crippen LogP contribution in [0.5, 0.6) is 0 Å². The molecule has 0 N–H and O–H groups in total. The number of nitrogens with zero attached hydrogens (tertiary/aromatic N) is 1. The molecule has 0 aliphatic heterocycles. The number of carbonyl (C=O) groups excluding carboxylic acids is 2. The van der Waals surface area contributed by atoms with Crippen molar-refractivity contribution in [2.75, 3.05) is 7.05 Å². The van der Waals surface area contributed by atoms with Crippen LogP contribution in [0.15, 0.2) is 0 Å². The van der Waals surface area contributed by atoms with E-state index in [0.717, 1.165) is 4.90 Å². The molecule has 0 aliphatic carbocycles. The van der Waals surface area contributed by atoms with Gasteiger partial charge in [0.05, 0.1) is 0 Å². The van der Waals surface area contributed by atoms with Crippen molar-refractivity contribution in [1.82, 2.24) is 4.90 Å². The Labute approximate surface area is 67.4 Å². The smallest absolute Gasteiger partial charge is 0.234 e. The van der Waals surface area contributed by atoms with Crippen molar-refractivity contribution in [3.63, 3.8) is 0 Å². The highest BCUT2D eigenvalue weighted by molar-refractivity contribution is 5.96. The minimum atomic E-state index is -0.472. The van der Waals surface area contributed by atoms with Crippen LogP contribution in [0, 0.1) is 5.41 Å². The van der Waals surface area contributed by atoms with Gasteiger partial charge in [0.25, 0.3) is 0 Å². The fourth-order valence-electron chi connectivity index (χ4n) is 0.646. The maximum Gasteiger partial charge on any atom is 0.234 e. The molecule has 0 spiro atoms. The minimum Gasteiger partial charge on any atom is -0.286 e. The van der Waals surface area contributed by atoms with Crippen molar-refractivity contribution in [2.45, 2.75) is 27.7 Å². The fourth-order valence-corrected chi connectivity index (χ4v) is 0.646. The monoisotopic (exact) mass is 157 g/mol. The molecule has 0 bridgehead atoms. The highest BCUT2D eigenvalue weighted by Gasteiger charge is 2.26. The summed E-state index contributed by atoms with van der Waals surface area (Å²) in [5, 5.41) is 0. The molecule has 3 nitrogen and oxygen atoms in total. The van der Waals surface area contributed by atoms with Gasteiger partial charge in [-0.1, -0.05) is 20.8 Å². The third-order valence-corrected chi connectivity index (χ3v) is 1.42. The lowest BCUT2D eigenvalue weighted by molar-refractivity contribution is -0.147. The standard InChI is InChI=1S/C8H15NO2/c1-6(10)9(5)7(11)8(2,3)4/h1-5H3. The molecule has 0 rings (SSSR count). The van der Waals surface area contributed by atoms with Crippen LogP contribution in [0.25, 0.3) is 0 Å². The van der Waals surface area contributed by atoms with E-state index in [1.54, 1.807) is 20.8 Å². The van der Waals surface area contributed by atoms with Gasteiger partial charge in [-0.25, -0.2) is 0 Å². The predicted molar refractivity (Wildman–Crippen MR) is 42.9 cm³/mol. The molecule has 0 aromatic heterocycles. The van der Waals surface area contributed by atoms with Crippen molar-refractivity contribution in [3.8, 4) is 0 Å². The maximum atomic E-state index is 11.3. The molecule has 0 unspecified atom stereocenters. The summed E-state index contributed by atoms with van der Waals surface area (Å²) >= 11 is 0. The summed E-state index contributed by atoms with van der Waals surface area (Å²) < 4.78 is 0. The average Bonchev–Trinajstić information content (AvgIpc) is 1.82. The minimum absolute atomic E-state index is 0.148. The Morgan fingerprint density at radius 3 is 1.64 bits per heavy atom. The predicted octanol–water partition coefficient (Wildman–Crippen LogP) is 1.04. The van der Waals surface area contributed by atoms with Crippen LogP contribution in [-0.2, 0) is 9.59 Å². The van der Waals surface area contributed by atoms with Gasteiger partial charge < -0.3 is 0 Å². The topological polar surface area (TPSA) is 37.4 Å². The molecule has 0 aliphatic rings. The first-order chi connectivity index (χ1) is 4.76. The number of hydrogen-bond acceptors (Lipinski definition) is 2. The van der Waals surface area contributed by atoms with Gasteiger partial charge in [-0.2, -0.15) is 0 Å². The Bertz CT molecular complexity index is 179. The van der Waals surface area contributed by atoms with Gasteiger partial charge in [-0.15, -0.1) is 0 Å². The summed E-state index contributed by atoms with van der Waals surface area (Å²) in [7, 11) is 1.50. The Kier molecular flexibility index (Phi) is 2.79. The zero-order valence-electron chi connectivity index (χ0n) is 7.76. The van der Waals surface area contributed by atoms with Gasteiger partial charge in [0.15, 0.2) is 0 Å². The summed E-state index contributed by atoms with van der Waals surface area (Å²) in [5.74, 6) is -0.366. The van der Waals surface area contributed by atoms with Crippen LogP contribution in [0.2, 0.25) is 0 Å². The number of amides is 2. The van der Waals surface area contributed by atoms with Gasteiger partial charge in [-0.3, -0.25) is 14.5 Å². The van der Waals surface area contributed by atoms with Gasteiger partial charge in [0.1, 0.15) is 0 Å². The van der Waals surface area contributed by atoms with Crippen molar-refractivity contribution in [3.05, 3.63) is 0 Å². The Morgan fingerprint density at radius 2 is 1.55 bits per heavy atom. The van der Waals surface area contributed by atoms with E-state index in [9.17, 15) is 9.59 Å². The molecule has 0 heterocycles. The summed E-state index contributed by atoms with van der Waals surface area (Å²) in [6, 6.07) is 0. The molecule has 0 saturated heterocycles. The summed E-state index contributed by atoms with van der Waals surface area (Å²) in [6.45, 7) is 6.74. The second kappa shape index (κ2) is 3.03.